The van der Waals surface area contributed by atoms with Crippen molar-refractivity contribution in [3.8, 4) is 0 Å². The number of aliphatic hydroxyl groups is 1. The Balaban J connectivity index is 1.39. The molecule has 4 atom stereocenters. The summed E-state index contributed by atoms with van der Waals surface area (Å²) in [6.07, 6.45) is -1.67. The highest BCUT2D eigenvalue weighted by Crippen LogP contribution is 2.44. The van der Waals surface area contributed by atoms with E-state index in [1.807, 2.05) is 30.3 Å². The van der Waals surface area contributed by atoms with E-state index in [2.05, 4.69) is 5.16 Å². The first-order chi connectivity index (χ1) is 16.4. The quantitative estimate of drug-likeness (QED) is 0.319. The lowest BCUT2D eigenvalue weighted by Crippen LogP contribution is -2.61. The summed E-state index contributed by atoms with van der Waals surface area (Å²) in [5, 5.41) is 26.7. The van der Waals surface area contributed by atoms with E-state index in [0.717, 1.165) is 17.8 Å². The minimum absolute atomic E-state index is 0.0464. The average molecular weight is 471 g/mol. The van der Waals surface area contributed by atoms with E-state index in [4.69, 9.17) is 10.6 Å². The number of aliphatic hydroxyl groups excluding tert-OH is 1. The lowest BCUT2D eigenvalue weighted by Gasteiger charge is -2.43. The van der Waals surface area contributed by atoms with Crippen molar-refractivity contribution in [3.63, 3.8) is 0 Å². The number of carboxylic acids is 1. The zero-order chi connectivity index (χ0) is 24.0. The first-order valence-corrected chi connectivity index (χ1v) is 10.7. The molecule has 34 heavy (non-hydrogen) atoms. The summed E-state index contributed by atoms with van der Waals surface area (Å²) in [5.74, 6) is -2.03. The van der Waals surface area contributed by atoms with E-state index in [1.165, 1.54) is 16.1 Å². The molecule has 0 saturated carbocycles. The molecule has 2 unspecified atom stereocenters. The van der Waals surface area contributed by atoms with Gasteiger partial charge in [-0.25, -0.2) is 13.6 Å². The smallest absolute Gasteiger partial charge is 0.336 e. The van der Waals surface area contributed by atoms with Gasteiger partial charge in [0.1, 0.15) is 24.2 Å². The third-order valence-electron chi connectivity index (χ3n) is 6.13. The minimum atomic E-state index is -1.55. The molecule has 178 valence electrons. The van der Waals surface area contributed by atoms with Crippen LogP contribution in [-0.2, 0) is 16.2 Å². The van der Waals surface area contributed by atoms with Gasteiger partial charge in [0.15, 0.2) is 6.30 Å². The van der Waals surface area contributed by atoms with E-state index in [-0.39, 0.29) is 36.5 Å². The summed E-state index contributed by atoms with van der Waals surface area (Å²) < 4.78 is 29.0. The molecule has 0 radical (unpaired) electrons. The number of oxime groups is 1. The molecule has 0 aliphatic carbocycles. The average Bonchev–Trinajstić information content (AvgIpc) is 3.53. The molecule has 3 aliphatic rings. The van der Waals surface area contributed by atoms with E-state index < -0.39 is 30.2 Å². The van der Waals surface area contributed by atoms with Crippen LogP contribution in [0.25, 0.3) is 0 Å². The lowest BCUT2D eigenvalue weighted by molar-refractivity contribution is -0.133. The van der Waals surface area contributed by atoms with E-state index >= 15 is 4.39 Å². The van der Waals surface area contributed by atoms with Crippen molar-refractivity contribution in [1.82, 2.24) is 5.01 Å². The van der Waals surface area contributed by atoms with Gasteiger partial charge in [-0.1, -0.05) is 35.5 Å². The Morgan fingerprint density at radius 1 is 1.24 bits per heavy atom. The first-order valence-electron chi connectivity index (χ1n) is 10.7. The molecule has 0 aromatic heterocycles. The van der Waals surface area contributed by atoms with Gasteiger partial charge in [0.05, 0.1) is 36.1 Å². The summed E-state index contributed by atoms with van der Waals surface area (Å²) in [4.78, 5) is 18.7. The number of fused-ring (bicyclic) bond motifs is 1. The van der Waals surface area contributed by atoms with E-state index in [0.29, 0.717) is 18.0 Å². The fraction of sp³-hybridized carbons (Fsp3) is 0.304. The zero-order valence-electron chi connectivity index (χ0n) is 18.0. The number of nitrogens with zero attached hydrogens (tertiary/aromatic N) is 4. The van der Waals surface area contributed by atoms with Crippen molar-refractivity contribution < 1.29 is 28.6 Å². The van der Waals surface area contributed by atoms with E-state index in [1.54, 1.807) is 4.90 Å². The number of anilines is 2. The Morgan fingerprint density at radius 3 is 2.62 bits per heavy atom. The molecule has 2 saturated heterocycles. The summed E-state index contributed by atoms with van der Waals surface area (Å²) in [7, 11) is 0. The van der Waals surface area contributed by atoms with Crippen molar-refractivity contribution >= 4 is 23.1 Å². The predicted molar refractivity (Wildman–Crippen MR) is 120 cm³/mol. The van der Waals surface area contributed by atoms with Gasteiger partial charge in [-0.15, -0.1) is 0 Å². The number of hydrazine groups is 1. The molecule has 0 spiro atoms. The molecule has 0 amide bonds. The molecule has 9 nitrogen and oxygen atoms in total. The van der Waals surface area contributed by atoms with Crippen molar-refractivity contribution in [2.45, 2.75) is 25.0 Å². The number of carbonyl (C=O) groups is 1. The maximum Gasteiger partial charge on any atom is 0.336 e. The van der Waals surface area contributed by atoms with Crippen LogP contribution in [-0.4, -0.2) is 58.9 Å². The van der Waals surface area contributed by atoms with Gasteiger partial charge >= 0.3 is 5.97 Å². The van der Waals surface area contributed by atoms with Crippen LogP contribution in [0.5, 0.6) is 0 Å². The number of nitrogens with two attached hydrogens (primary N) is 1. The van der Waals surface area contributed by atoms with Gasteiger partial charge in [-0.2, -0.15) is 5.01 Å². The molecule has 2 aromatic rings. The number of hydrogen-bond donors (Lipinski definition) is 3. The second kappa shape index (κ2) is 8.67. The standard InChI is InChI=1S/C23H23F2N5O4/c24-16-6-14-18(29(30-11-21(30)25)9-15(22(14)31)23(32)33)7-19(16)28-10-17(20(28)8-26)27-34-12-13-4-2-1-3-5-13/h1-7,9,20-22,31H,8,10-12,26H2,(H,32,33)/b27-17+/t20-,21+,22?,30?/m0/s1. The molecular formula is C23H23F2N5O4. The van der Waals surface area contributed by atoms with Crippen LogP contribution < -0.4 is 15.6 Å². The summed E-state index contributed by atoms with van der Waals surface area (Å²) in [5.41, 5.74) is 7.71. The predicted octanol–water partition coefficient (Wildman–Crippen LogP) is 1.89. The zero-order valence-corrected chi connectivity index (χ0v) is 18.0. The third kappa shape index (κ3) is 3.87. The fourth-order valence-electron chi connectivity index (χ4n) is 4.19. The lowest BCUT2D eigenvalue weighted by atomic mass is 9.94. The number of hydrogen-bond acceptors (Lipinski definition) is 8. The largest absolute Gasteiger partial charge is 0.478 e. The molecule has 0 bridgehead atoms. The summed E-state index contributed by atoms with van der Waals surface area (Å²) >= 11 is 0. The van der Waals surface area contributed by atoms with Gasteiger partial charge in [-0.3, -0.25) is 5.01 Å². The van der Waals surface area contributed by atoms with Crippen LogP contribution in [0.1, 0.15) is 17.2 Å². The topological polar surface area (TPSA) is 115 Å². The maximum atomic E-state index is 15.1. The number of aliphatic carboxylic acids is 1. The number of benzene rings is 2. The second-order valence-electron chi connectivity index (χ2n) is 8.28. The Hall–Kier alpha value is -3.54. The summed E-state index contributed by atoms with van der Waals surface area (Å²) in [6.45, 7) is 0.801. The molecule has 2 aromatic carbocycles. The number of halogens is 2. The van der Waals surface area contributed by atoms with E-state index in [9.17, 15) is 19.4 Å². The molecular weight excluding hydrogens is 448 g/mol. The van der Waals surface area contributed by atoms with Crippen molar-refractivity contribution in [1.29, 1.82) is 0 Å². The molecule has 11 heteroatoms. The van der Waals surface area contributed by atoms with Crippen molar-refractivity contribution in [2.75, 3.05) is 29.5 Å². The molecule has 2 fully saturated rings. The normalized spacial score (nSPS) is 26.6. The van der Waals surface area contributed by atoms with Crippen LogP contribution in [0.3, 0.4) is 0 Å². The number of rotatable bonds is 7. The highest BCUT2D eigenvalue weighted by molar-refractivity contribution is 6.03. The van der Waals surface area contributed by atoms with Gasteiger partial charge < -0.3 is 25.7 Å². The maximum absolute atomic E-state index is 15.1. The Kier molecular flexibility index (Phi) is 5.68. The van der Waals surface area contributed by atoms with Crippen molar-refractivity contribution in [2.24, 2.45) is 10.9 Å². The second-order valence-corrected chi connectivity index (χ2v) is 8.28. The van der Waals surface area contributed by atoms with Crippen molar-refractivity contribution in [3.05, 3.63) is 71.2 Å². The van der Waals surface area contributed by atoms with Crippen LogP contribution in [0, 0.1) is 5.82 Å². The van der Waals surface area contributed by atoms with Gasteiger partial charge in [0.2, 0.25) is 0 Å². The third-order valence-corrected chi connectivity index (χ3v) is 6.13. The highest BCUT2D eigenvalue weighted by atomic mass is 19.1. The van der Waals surface area contributed by atoms with Crippen LogP contribution >= 0.6 is 0 Å². The Labute approximate surface area is 193 Å². The Morgan fingerprint density at radius 2 is 1.97 bits per heavy atom. The SMILES string of the molecule is NC[C@H]1/C(=N/OCc2ccccc2)CN1c1cc2c(cc1F)C(O)C(C(=O)O)=CN2N1C[C@@H]1F. The summed E-state index contributed by atoms with van der Waals surface area (Å²) in [6, 6.07) is 11.7. The fourth-order valence-corrected chi connectivity index (χ4v) is 4.19. The van der Waals surface area contributed by atoms with Crippen LogP contribution in [0.2, 0.25) is 0 Å². The molecule has 5 rings (SSSR count). The van der Waals surface area contributed by atoms with Crippen LogP contribution in [0.4, 0.5) is 20.2 Å². The minimum Gasteiger partial charge on any atom is -0.478 e. The molecule has 4 N–H and O–H groups in total. The van der Waals surface area contributed by atoms with Gasteiger partial charge in [0, 0.05) is 18.3 Å². The molecule has 3 aliphatic heterocycles. The number of carboxylic acid groups (broad SMARTS) is 1. The monoisotopic (exact) mass is 471 g/mol. The number of alkyl halides is 1. The van der Waals surface area contributed by atoms with Crippen LogP contribution in [0.15, 0.2) is 59.4 Å². The highest BCUT2D eigenvalue weighted by Gasteiger charge is 2.44. The molecule has 3 heterocycles. The van der Waals surface area contributed by atoms with Gasteiger partial charge in [-0.05, 0) is 17.7 Å². The Bertz CT molecular complexity index is 1180. The first kappa shape index (κ1) is 22.3. The van der Waals surface area contributed by atoms with Gasteiger partial charge in [0.25, 0.3) is 0 Å².